The van der Waals surface area contributed by atoms with Crippen LogP contribution in [0.25, 0.3) is 16.5 Å². The first-order valence-electron chi connectivity index (χ1n) is 15.2. The number of ether oxygens (including phenoxy) is 1. The van der Waals surface area contributed by atoms with Gasteiger partial charge in [0.15, 0.2) is 0 Å². The molecule has 7 rings (SSSR count). The monoisotopic (exact) mass is 564 g/mol. The van der Waals surface area contributed by atoms with E-state index in [1.165, 1.54) is 25.7 Å². The van der Waals surface area contributed by atoms with Gasteiger partial charge < -0.3 is 26.1 Å². The van der Waals surface area contributed by atoms with E-state index in [2.05, 4.69) is 62.8 Å². The number of likely N-dealkylation sites (tertiary alicyclic amines) is 1. The Hall–Kier alpha value is -3.96. The third-order valence-corrected chi connectivity index (χ3v) is 9.09. The quantitative estimate of drug-likeness (QED) is 0.319. The molecule has 2 saturated carbocycles. The highest BCUT2D eigenvalue weighted by Gasteiger charge is 2.56. The summed E-state index contributed by atoms with van der Waals surface area (Å²) >= 11 is 0. The van der Waals surface area contributed by atoms with Crippen molar-refractivity contribution in [2.24, 2.45) is 11.7 Å². The molecule has 0 bridgehead atoms. The number of imidazole rings is 1. The van der Waals surface area contributed by atoms with Crippen molar-refractivity contribution in [3.05, 3.63) is 71.4 Å². The molecule has 42 heavy (non-hydrogen) atoms. The Bertz CT molecular complexity index is 1620. The first-order valence-corrected chi connectivity index (χ1v) is 15.2. The molecule has 2 saturated heterocycles. The SMILES string of the molecule is CC(C)(C)OC(=O)N1C(c2ncc(C#Cc3ccc4cc(C(N)=CNCC5CCC6(CC6)N5)ccc4c3)[nH]2)CC2CC21. The van der Waals surface area contributed by atoms with Crippen molar-refractivity contribution in [2.75, 3.05) is 6.54 Å². The predicted octanol–water partition coefficient (Wildman–Crippen LogP) is 5.16. The molecule has 8 nitrogen and oxygen atoms in total. The minimum absolute atomic E-state index is 0.0973. The van der Waals surface area contributed by atoms with E-state index in [-0.39, 0.29) is 18.2 Å². The summed E-state index contributed by atoms with van der Waals surface area (Å²) in [5.74, 6) is 7.78. The number of nitrogens with one attached hydrogen (secondary N) is 3. The summed E-state index contributed by atoms with van der Waals surface area (Å²) in [5, 5.41) is 9.42. The van der Waals surface area contributed by atoms with Crippen molar-refractivity contribution in [2.45, 2.75) is 88.6 Å². The molecule has 4 unspecified atom stereocenters. The van der Waals surface area contributed by atoms with Gasteiger partial charge in [-0.15, -0.1) is 0 Å². The van der Waals surface area contributed by atoms with Crippen molar-refractivity contribution >= 4 is 22.6 Å². The number of benzene rings is 2. The number of hydrogen-bond donors (Lipinski definition) is 4. The molecule has 0 radical (unpaired) electrons. The lowest BCUT2D eigenvalue weighted by Gasteiger charge is -2.29. The topological polar surface area (TPSA) is 108 Å². The van der Waals surface area contributed by atoms with Gasteiger partial charge >= 0.3 is 6.09 Å². The summed E-state index contributed by atoms with van der Waals surface area (Å²) in [5.41, 5.74) is 9.74. The van der Waals surface area contributed by atoms with E-state index in [1.807, 2.05) is 37.9 Å². The molecule has 2 aromatic carbocycles. The van der Waals surface area contributed by atoms with Gasteiger partial charge in [0.05, 0.1) is 17.9 Å². The number of amides is 1. The fourth-order valence-corrected chi connectivity index (χ4v) is 6.61. The van der Waals surface area contributed by atoms with Crippen LogP contribution in [0, 0.1) is 17.8 Å². The largest absolute Gasteiger partial charge is 0.444 e. The minimum Gasteiger partial charge on any atom is -0.444 e. The smallest absolute Gasteiger partial charge is 0.411 e. The van der Waals surface area contributed by atoms with Gasteiger partial charge in [-0.3, -0.25) is 4.90 Å². The summed E-state index contributed by atoms with van der Waals surface area (Å²) in [7, 11) is 0. The molecular weight excluding hydrogens is 524 g/mol. The van der Waals surface area contributed by atoms with Crippen LogP contribution < -0.4 is 16.4 Å². The zero-order valence-corrected chi connectivity index (χ0v) is 24.7. The number of aromatic nitrogens is 2. The summed E-state index contributed by atoms with van der Waals surface area (Å²) in [4.78, 5) is 22.7. The number of nitrogens with zero attached hydrogens (tertiary/aromatic N) is 2. The van der Waals surface area contributed by atoms with E-state index >= 15 is 0 Å². The zero-order valence-electron chi connectivity index (χ0n) is 24.7. The Kier molecular flexibility index (Phi) is 6.47. The van der Waals surface area contributed by atoms with Crippen molar-refractivity contribution in [1.29, 1.82) is 0 Å². The van der Waals surface area contributed by atoms with E-state index in [1.54, 1.807) is 6.20 Å². The van der Waals surface area contributed by atoms with Crippen LogP contribution in [-0.2, 0) is 4.74 Å². The second-order valence-electron chi connectivity index (χ2n) is 13.6. The Balaban J connectivity index is 0.996. The van der Waals surface area contributed by atoms with Crippen molar-refractivity contribution in [3.8, 4) is 11.8 Å². The number of hydrogen-bond acceptors (Lipinski definition) is 6. The third kappa shape index (κ3) is 5.58. The van der Waals surface area contributed by atoms with E-state index in [0.29, 0.717) is 17.5 Å². The van der Waals surface area contributed by atoms with Gasteiger partial charge in [0.25, 0.3) is 0 Å². The molecule has 8 heteroatoms. The molecular formula is C34H40N6O2. The molecule has 218 valence electrons. The highest BCUT2D eigenvalue weighted by atomic mass is 16.6. The van der Waals surface area contributed by atoms with Crippen LogP contribution in [0.3, 0.4) is 0 Å². The van der Waals surface area contributed by atoms with Crippen molar-refractivity contribution < 1.29 is 9.53 Å². The lowest BCUT2D eigenvalue weighted by molar-refractivity contribution is 0.0175. The number of carbonyl (C=O) groups is 1. The fourth-order valence-electron chi connectivity index (χ4n) is 6.61. The zero-order chi connectivity index (χ0) is 29.1. The Morgan fingerprint density at radius 1 is 1.17 bits per heavy atom. The van der Waals surface area contributed by atoms with Crippen LogP contribution in [0.1, 0.15) is 88.0 Å². The number of carbonyl (C=O) groups excluding carboxylic acids is 1. The Morgan fingerprint density at radius 2 is 1.98 bits per heavy atom. The standard InChI is InChI=1S/C34H40N6O2/c1-33(2,3)42-32(41)40-29-16-25(29)17-30(40)31-37-19-26(38-31)9-5-21-4-6-23-15-24(8-7-22(23)14-21)28(35)20-36-18-27-10-11-34(39-27)12-13-34/h4,6-8,14-15,19-20,25,27,29-30,36,39H,10-13,16-18,35H2,1-3H3,(H,37,38). The van der Waals surface area contributed by atoms with Gasteiger partial charge in [-0.1, -0.05) is 24.1 Å². The molecule has 1 amide bonds. The highest BCUT2D eigenvalue weighted by molar-refractivity contribution is 5.87. The van der Waals surface area contributed by atoms with Crippen LogP contribution in [0.15, 0.2) is 48.8 Å². The van der Waals surface area contributed by atoms with Crippen molar-refractivity contribution in [1.82, 2.24) is 25.5 Å². The van der Waals surface area contributed by atoms with Crippen LogP contribution in [0.2, 0.25) is 0 Å². The molecule has 2 aliphatic heterocycles. The molecule has 3 aromatic rings. The number of rotatable bonds is 5. The van der Waals surface area contributed by atoms with Crippen LogP contribution in [0.4, 0.5) is 4.79 Å². The number of aromatic amines is 1. The molecule has 4 atom stereocenters. The first kappa shape index (κ1) is 26.9. The maximum absolute atomic E-state index is 12.9. The molecule has 4 fully saturated rings. The number of piperidine rings is 1. The molecule has 2 aliphatic carbocycles. The van der Waals surface area contributed by atoms with E-state index in [4.69, 9.17) is 10.5 Å². The number of nitrogens with two attached hydrogens (primary N) is 1. The third-order valence-electron chi connectivity index (χ3n) is 9.09. The minimum atomic E-state index is -0.525. The summed E-state index contributed by atoms with van der Waals surface area (Å²) in [6, 6.07) is 13.2. The van der Waals surface area contributed by atoms with Gasteiger partial charge in [-0.25, -0.2) is 9.78 Å². The summed E-state index contributed by atoms with van der Waals surface area (Å²) < 4.78 is 5.68. The first-order chi connectivity index (χ1) is 20.1. The summed E-state index contributed by atoms with van der Waals surface area (Å²) in [6.45, 7) is 6.60. The van der Waals surface area contributed by atoms with E-state index < -0.39 is 5.60 Å². The summed E-state index contributed by atoms with van der Waals surface area (Å²) in [6.07, 6.45) is 10.6. The maximum atomic E-state index is 12.9. The van der Waals surface area contributed by atoms with E-state index in [0.717, 1.165) is 58.5 Å². The molecule has 1 aromatic heterocycles. The molecule has 5 N–H and O–H groups in total. The Morgan fingerprint density at radius 3 is 2.76 bits per heavy atom. The van der Waals surface area contributed by atoms with Gasteiger partial charge in [0.2, 0.25) is 0 Å². The fraction of sp³-hybridized carbons (Fsp3) is 0.471. The number of H-pyrrole nitrogens is 1. The van der Waals surface area contributed by atoms with Crippen molar-refractivity contribution in [3.63, 3.8) is 0 Å². The lowest BCUT2D eigenvalue weighted by atomic mass is 10.0. The average molecular weight is 565 g/mol. The predicted molar refractivity (Wildman–Crippen MR) is 164 cm³/mol. The van der Waals surface area contributed by atoms with Gasteiger partial charge in [0.1, 0.15) is 17.1 Å². The highest BCUT2D eigenvalue weighted by Crippen LogP contribution is 2.53. The van der Waals surface area contributed by atoms with Crippen LogP contribution in [-0.4, -0.2) is 50.7 Å². The maximum Gasteiger partial charge on any atom is 0.411 e. The van der Waals surface area contributed by atoms with E-state index in [9.17, 15) is 4.79 Å². The average Bonchev–Trinajstić information content (AvgIpc) is 3.70. The lowest BCUT2D eigenvalue weighted by Crippen LogP contribution is -2.38. The molecule has 3 heterocycles. The molecule has 4 aliphatic rings. The number of fused-ring (bicyclic) bond motifs is 2. The second-order valence-corrected chi connectivity index (χ2v) is 13.6. The van der Waals surface area contributed by atoms with Gasteiger partial charge in [-0.2, -0.15) is 0 Å². The normalized spacial score (nSPS) is 25.7. The van der Waals surface area contributed by atoms with Crippen LogP contribution >= 0.6 is 0 Å². The van der Waals surface area contributed by atoms with Crippen LogP contribution in [0.5, 0.6) is 0 Å². The van der Waals surface area contributed by atoms with Gasteiger partial charge in [-0.05, 0) is 106 Å². The Labute approximate surface area is 247 Å². The second kappa shape index (κ2) is 10.1. The van der Waals surface area contributed by atoms with Gasteiger partial charge in [0, 0.05) is 35.9 Å². The molecule has 1 spiro atoms.